The average Bonchev–Trinajstić information content (AvgIpc) is 3.64. The largest absolute Gasteiger partial charge is 0.244 e. The van der Waals surface area contributed by atoms with Gasteiger partial charge in [0.2, 0.25) is 0 Å². The quantitative estimate of drug-likeness (QED) is 0.773. The number of hydrogen-bond donors (Lipinski definition) is 0. The van der Waals surface area contributed by atoms with Crippen LogP contribution in [-0.4, -0.2) is 19.9 Å². The summed E-state index contributed by atoms with van der Waals surface area (Å²) in [6.45, 7) is 1.98. The first-order chi connectivity index (χ1) is 13.1. The van der Waals surface area contributed by atoms with E-state index >= 15 is 0 Å². The van der Waals surface area contributed by atoms with E-state index in [4.69, 9.17) is 5.26 Å². The molecule has 0 aliphatic heterocycles. The molecule has 6 nitrogen and oxygen atoms in total. The van der Waals surface area contributed by atoms with E-state index in [1.54, 1.807) is 24.8 Å². The maximum absolute atomic E-state index is 9.21. The maximum atomic E-state index is 9.21. The zero-order chi connectivity index (χ0) is 19.1. The summed E-state index contributed by atoms with van der Waals surface area (Å²) >= 11 is 0. The minimum absolute atomic E-state index is 0.00583. The summed E-state index contributed by atoms with van der Waals surface area (Å²) in [7, 11) is 0. The molecule has 2 aromatic rings. The molecule has 27 heavy (non-hydrogen) atoms. The molecule has 2 aromatic heterocycles. The van der Waals surface area contributed by atoms with Crippen LogP contribution in [0, 0.1) is 34.5 Å². The van der Waals surface area contributed by atoms with E-state index in [1.807, 2.05) is 6.92 Å². The lowest BCUT2D eigenvalue weighted by Crippen LogP contribution is -2.20. The smallest absolute Gasteiger partial charge is 0.115 e. The lowest BCUT2D eigenvalue weighted by atomic mass is 9.81. The van der Waals surface area contributed by atoms with Crippen LogP contribution in [0.5, 0.6) is 0 Å². The summed E-state index contributed by atoms with van der Waals surface area (Å²) in [6.07, 6.45) is 17.0. The number of nitriles is 2. The Balaban J connectivity index is 0.000000156. The van der Waals surface area contributed by atoms with Crippen LogP contribution in [0.2, 0.25) is 0 Å². The molecule has 2 saturated carbocycles. The second kappa shape index (κ2) is 8.68. The fourth-order valence-electron chi connectivity index (χ4n) is 3.15. The van der Waals surface area contributed by atoms with Crippen LogP contribution in [0.15, 0.2) is 37.4 Å². The van der Waals surface area contributed by atoms with Crippen molar-refractivity contribution in [2.24, 2.45) is 11.8 Å². The van der Waals surface area contributed by atoms with Gasteiger partial charge in [-0.1, -0.05) is 25.7 Å². The molecular formula is C21H24N6. The van der Waals surface area contributed by atoms with Gasteiger partial charge >= 0.3 is 0 Å². The SMILES string of the molecule is CC(C#N)(CC1CC1)c1cncnc1.N#CC(CC1CC1)c1cncnc1. The van der Waals surface area contributed by atoms with Gasteiger partial charge in [-0.25, -0.2) is 19.9 Å². The van der Waals surface area contributed by atoms with Crippen LogP contribution < -0.4 is 0 Å². The Bertz CT molecular complexity index is 802. The normalized spacial score (nSPS) is 18.8. The van der Waals surface area contributed by atoms with Gasteiger partial charge in [0.25, 0.3) is 0 Å². The standard InChI is InChI=1S/C11H13N3.C10H11N3/c1-11(7-12,4-9-2-3-9)10-5-13-8-14-6-10;11-4-9(3-8-1-2-8)10-5-12-7-13-6-10/h5-6,8-9H,2-4H2,1H3;5-9H,1-3H2. The predicted octanol–water partition coefficient (Wildman–Crippen LogP) is 3.94. The fourth-order valence-corrected chi connectivity index (χ4v) is 3.15. The molecule has 0 amide bonds. The van der Waals surface area contributed by atoms with Crippen LogP contribution >= 0.6 is 0 Å². The molecule has 2 atom stereocenters. The molecule has 0 radical (unpaired) electrons. The Labute approximate surface area is 160 Å². The Morgan fingerprint density at radius 3 is 2.00 bits per heavy atom. The molecule has 2 aliphatic carbocycles. The topological polar surface area (TPSA) is 99.1 Å². The van der Waals surface area contributed by atoms with E-state index in [-0.39, 0.29) is 5.92 Å². The van der Waals surface area contributed by atoms with Gasteiger partial charge in [-0.3, -0.25) is 0 Å². The number of rotatable bonds is 6. The fraction of sp³-hybridized carbons (Fsp3) is 0.524. The lowest BCUT2D eigenvalue weighted by molar-refractivity contribution is 0.509. The van der Waals surface area contributed by atoms with Gasteiger partial charge in [0.1, 0.15) is 12.7 Å². The van der Waals surface area contributed by atoms with E-state index in [1.165, 1.54) is 38.3 Å². The summed E-state index contributed by atoms with van der Waals surface area (Å²) in [4.78, 5) is 15.8. The van der Waals surface area contributed by atoms with Crippen LogP contribution in [0.3, 0.4) is 0 Å². The Morgan fingerprint density at radius 1 is 0.963 bits per heavy atom. The molecule has 2 fully saturated rings. The molecule has 138 valence electrons. The summed E-state index contributed by atoms with van der Waals surface area (Å²) in [6, 6.07) is 4.70. The number of aromatic nitrogens is 4. The molecule has 0 spiro atoms. The van der Waals surface area contributed by atoms with Crippen LogP contribution in [0.25, 0.3) is 0 Å². The van der Waals surface area contributed by atoms with Crippen LogP contribution in [0.4, 0.5) is 0 Å². The van der Waals surface area contributed by atoms with Gasteiger partial charge in [-0.15, -0.1) is 0 Å². The van der Waals surface area contributed by atoms with Crippen LogP contribution in [-0.2, 0) is 5.41 Å². The average molecular weight is 360 g/mol. The molecule has 6 heteroatoms. The lowest BCUT2D eigenvalue weighted by Gasteiger charge is -2.20. The van der Waals surface area contributed by atoms with Crippen molar-refractivity contribution < 1.29 is 0 Å². The Morgan fingerprint density at radius 2 is 1.52 bits per heavy atom. The van der Waals surface area contributed by atoms with Crippen molar-refractivity contribution in [3.05, 3.63) is 48.6 Å². The third-order valence-electron chi connectivity index (χ3n) is 5.24. The first-order valence-electron chi connectivity index (χ1n) is 9.46. The van der Waals surface area contributed by atoms with Gasteiger partial charge in [0, 0.05) is 35.9 Å². The predicted molar refractivity (Wildman–Crippen MR) is 100 cm³/mol. The first kappa shape index (κ1) is 18.9. The van der Waals surface area contributed by atoms with Gasteiger partial charge in [-0.2, -0.15) is 10.5 Å². The van der Waals surface area contributed by atoms with Crippen LogP contribution in [0.1, 0.15) is 62.5 Å². The van der Waals surface area contributed by atoms with Crippen molar-refractivity contribution in [2.45, 2.75) is 56.8 Å². The van der Waals surface area contributed by atoms with Crippen molar-refractivity contribution in [2.75, 3.05) is 0 Å². The molecule has 2 heterocycles. The molecular weight excluding hydrogens is 336 g/mol. The summed E-state index contributed by atoms with van der Waals surface area (Å²) in [5, 5.41) is 18.2. The highest BCUT2D eigenvalue weighted by Gasteiger charge is 2.35. The molecule has 0 saturated heterocycles. The molecule has 2 aliphatic rings. The minimum Gasteiger partial charge on any atom is -0.244 e. The highest BCUT2D eigenvalue weighted by Crippen LogP contribution is 2.41. The second-order valence-electron chi connectivity index (χ2n) is 7.75. The van der Waals surface area contributed by atoms with E-state index < -0.39 is 5.41 Å². The molecule has 4 rings (SSSR count). The van der Waals surface area contributed by atoms with Crippen molar-refractivity contribution >= 4 is 0 Å². The van der Waals surface area contributed by atoms with E-state index in [9.17, 15) is 5.26 Å². The van der Waals surface area contributed by atoms with Crippen molar-refractivity contribution in [3.8, 4) is 12.1 Å². The second-order valence-corrected chi connectivity index (χ2v) is 7.75. The summed E-state index contributed by atoms with van der Waals surface area (Å²) < 4.78 is 0. The Hall–Kier alpha value is -2.86. The summed E-state index contributed by atoms with van der Waals surface area (Å²) in [5.41, 5.74) is 1.49. The highest BCUT2D eigenvalue weighted by molar-refractivity contribution is 5.27. The number of nitrogens with zero attached hydrogens (tertiary/aromatic N) is 6. The van der Waals surface area contributed by atoms with Gasteiger partial charge < -0.3 is 0 Å². The summed E-state index contributed by atoms with van der Waals surface area (Å²) in [5.74, 6) is 1.50. The maximum Gasteiger partial charge on any atom is 0.115 e. The number of hydrogen-bond acceptors (Lipinski definition) is 6. The van der Waals surface area contributed by atoms with Crippen molar-refractivity contribution in [1.82, 2.24) is 19.9 Å². The molecule has 0 bridgehead atoms. The molecule has 0 aromatic carbocycles. The third-order valence-corrected chi connectivity index (χ3v) is 5.24. The van der Waals surface area contributed by atoms with Gasteiger partial charge in [0.15, 0.2) is 0 Å². The zero-order valence-corrected chi connectivity index (χ0v) is 15.6. The minimum atomic E-state index is -0.400. The van der Waals surface area contributed by atoms with E-state index in [0.29, 0.717) is 0 Å². The first-order valence-corrected chi connectivity index (χ1v) is 9.46. The van der Waals surface area contributed by atoms with Crippen molar-refractivity contribution in [1.29, 1.82) is 10.5 Å². The highest BCUT2D eigenvalue weighted by atomic mass is 14.8. The van der Waals surface area contributed by atoms with E-state index in [2.05, 4.69) is 32.1 Å². The zero-order valence-electron chi connectivity index (χ0n) is 15.6. The van der Waals surface area contributed by atoms with E-state index in [0.717, 1.165) is 35.8 Å². The van der Waals surface area contributed by atoms with Crippen molar-refractivity contribution in [3.63, 3.8) is 0 Å². The molecule has 0 N–H and O–H groups in total. The third kappa shape index (κ3) is 5.56. The Kier molecular flexibility index (Phi) is 6.08. The van der Waals surface area contributed by atoms with Gasteiger partial charge in [-0.05, 0) is 31.6 Å². The molecule has 2 unspecified atom stereocenters. The van der Waals surface area contributed by atoms with Gasteiger partial charge in [0.05, 0.1) is 23.5 Å². The monoisotopic (exact) mass is 360 g/mol.